The number of hydrogen-bond acceptors (Lipinski definition) is 5. The van der Waals surface area contributed by atoms with E-state index < -0.39 is 10.8 Å². The summed E-state index contributed by atoms with van der Waals surface area (Å²) in [6.45, 7) is 0.163. The molecule has 0 aromatic heterocycles. The molecule has 2 N–H and O–H groups in total. The Labute approximate surface area is 179 Å². The number of carbonyl (C=O) groups is 2. The SMILES string of the molecule is O=C(COc1ccc([N+](=O)[O-])cc1)Nc1ccccc1C(=O)NCCc1ccccc1. The number of carbonyl (C=O) groups excluding carboxylic acids is 2. The third-order valence-electron chi connectivity index (χ3n) is 4.41. The van der Waals surface area contributed by atoms with Crippen LogP contribution in [0.2, 0.25) is 0 Å². The number of hydrogen-bond donors (Lipinski definition) is 2. The van der Waals surface area contributed by atoms with Crippen molar-refractivity contribution in [3.05, 3.63) is 100 Å². The summed E-state index contributed by atoms with van der Waals surface area (Å²) in [7, 11) is 0. The van der Waals surface area contributed by atoms with Crippen molar-refractivity contribution in [2.45, 2.75) is 6.42 Å². The first kappa shape index (κ1) is 21.5. The van der Waals surface area contributed by atoms with Crippen LogP contribution in [0.3, 0.4) is 0 Å². The lowest BCUT2D eigenvalue weighted by molar-refractivity contribution is -0.384. The monoisotopic (exact) mass is 419 g/mol. The lowest BCUT2D eigenvalue weighted by Gasteiger charge is -2.12. The number of nitro groups is 1. The largest absolute Gasteiger partial charge is 0.484 e. The van der Waals surface area contributed by atoms with Gasteiger partial charge in [0.25, 0.3) is 17.5 Å². The molecular weight excluding hydrogens is 398 g/mol. The van der Waals surface area contributed by atoms with Crippen molar-refractivity contribution in [3.63, 3.8) is 0 Å². The Morgan fingerprint density at radius 1 is 0.903 bits per heavy atom. The van der Waals surface area contributed by atoms with Gasteiger partial charge in [0, 0.05) is 18.7 Å². The second kappa shape index (κ2) is 10.5. The number of nitrogens with zero attached hydrogens (tertiary/aromatic N) is 1. The van der Waals surface area contributed by atoms with Gasteiger partial charge in [-0.15, -0.1) is 0 Å². The predicted octanol–water partition coefficient (Wildman–Crippen LogP) is 3.58. The standard InChI is InChI=1S/C23H21N3O5/c27-22(16-31-19-12-10-18(11-13-19)26(29)30)25-21-9-5-4-8-20(21)23(28)24-15-14-17-6-2-1-3-7-17/h1-13H,14-16H2,(H,24,28)(H,25,27). The van der Waals surface area contributed by atoms with Crippen molar-refractivity contribution >= 4 is 23.2 Å². The van der Waals surface area contributed by atoms with Crippen LogP contribution < -0.4 is 15.4 Å². The van der Waals surface area contributed by atoms with Crippen LogP contribution >= 0.6 is 0 Å². The van der Waals surface area contributed by atoms with Crippen molar-refractivity contribution in [1.29, 1.82) is 0 Å². The molecule has 0 aliphatic rings. The molecule has 0 aliphatic carbocycles. The van der Waals surface area contributed by atoms with Crippen LogP contribution in [0.5, 0.6) is 5.75 Å². The highest BCUT2D eigenvalue weighted by Gasteiger charge is 2.13. The minimum atomic E-state index is -0.516. The van der Waals surface area contributed by atoms with Crippen molar-refractivity contribution in [2.24, 2.45) is 0 Å². The third kappa shape index (κ3) is 6.40. The molecule has 0 unspecified atom stereocenters. The zero-order valence-corrected chi connectivity index (χ0v) is 16.6. The molecule has 0 saturated carbocycles. The topological polar surface area (TPSA) is 111 Å². The van der Waals surface area contributed by atoms with E-state index in [9.17, 15) is 19.7 Å². The summed E-state index contributed by atoms with van der Waals surface area (Å²) < 4.78 is 5.35. The molecule has 8 nitrogen and oxygen atoms in total. The van der Waals surface area contributed by atoms with E-state index in [1.807, 2.05) is 30.3 Å². The molecule has 3 rings (SSSR count). The van der Waals surface area contributed by atoms with E-state index in [1.54, 1.807) is 24.3 Å². The molecule has 0 atom stereocenters. The van der Waals surface area contributed by atoms with E-state index >= 15 is 0 Å². The van der Waals surface area contributed by atoms with E-state index in [0.717, 1.165) is 5.56 Å². The molecule has 0 saturated heterocycles. The van der Waals surface area contributed by atoms with Crippen molar-refractivity contribution in [1.82, 2.24) is 5.32 Å². The quantitative estimate of drug-likeness (QED) is 0.407. The lowest BCUT2D eigenvalue weighted by Crippen LogP contribution is -2.28. The average Bonchev–Trinajstić information content (AvgIpc) is 2.79. The minimum Gasteiger partial charge on any atom is -0.484 e. The fourth-order valence-electron chi connectivity index (χ4n) is 2.85. The number of rotatable bonds is 9. The fraction of sp³-hybridized carbons (Fsp3) is 0.130. The highest BCUT2D eigenvalue weighted by atomic mass is 16.6. The molecule has 3 aromatic carbocycles. The highest BCUT2D eigenvalue weighted by Crippen LogP contribution is 2.18. The van der Waals surface area contributed by atoms with Crippen LogP contribution in [0.1, 0.15) is 15.9 Å². The summed E-state index contributed by atoms with van der Waals surface area (Å²) in [6.07, 6.45) is 0.699. The van der Waals surface area contributed by atoms with Gasteiger partial charge >= 0.3 is 0 Å². The highest BCUT2D eigenvalue weighted by molar-refractivity contribution is 6.04. The van der Waals surface area contributed by atoms with Crippen LogP contribution in [0, 0.1) is 10.1 Å². The lowest BCUT2D eigenvalue weighted by atomic mass is 10.1. The second-order valence-electron chi connectivity index (χ2n) is 6.62. The Balaban J connectivity index is 1.53. The normalized spacial score (nSPS) is 10.2. The maximum atomic E-state index is 12.6. The molecule has 2 amide bonds. The van der Waals surface area contributed by atoms with Gasteiger partial charge in [0.15, 0.2) is 6.61 Å². The van der Waals surface area contributed by atoms with Gasteiger partial charge in [-0.3, -0.25) is 19.7 Å². The maximum Gasteiger partial charge on any atom is 0.269 e. The van der Waals surface area contributed by atoms with Gasteiger partial charge < -0.3 is 15.4 Å². The van der Waals surface area contributed by atoms with Crippen LogP contribution in [0.4, 0.5) is 11.4 Å². The van der Waals surface area contributed by atoms with Gasteiger partial charge in [0.1, 0.15) is 5.75 Å². The first-order chi connectivity index (χ1) is 15.0. The van der Waals surface area contributed by atoms with Crippen molar-refractivity contribution in [3.8, 4) is 5.75 Å². The molecule has 0 aliphatic heterocycles. The minimum absolute atomic E-state index is 0.0657. The van der Waals surface area contributed by atoms with E-state index in [1.165, 1.54) is 24.3 Å². The molecule has 3 aromatic rings. The zero-order valence-electron chi connectivity index (χ0n) is 16.6. The number of para-hydroxylation sites is 1. The van der Waals surface area contributed by atoms with Crippen LogP contribution in [-0.2, 0) is 11.2 Å². The first-order valence-corrected chi connectivity index (χ1v) is 9.61. The summed E-state index contributed by atoms with van der Waals surface area (Å²) in [5.74, 6) is -0.418. The summed E-state index contributed by atoms with van der Waals surface area (Å²) in [6, 6.07) is 21.9. The third-order valence-corrected chi connectivity index (χ3v) is 4.41. The van der Waals surface area contributed by atoms with Gasteiger partial charge in [0.05, 0.1) is 16.2 Å². The van der Waals surface area contributed by atoms with Crippen LogP contribution in [0.15, 0.2) is 78.9 Å². The predicted molar refractivity (Wildman–Crippen MR) is 116 cm³/mol. The van der Waals surface area contributed by atoms with Crippen LogP contribution in [-0.4, -0.2) is 29.9 Å². The second-order valence-corrected chi connectivity index (χ2v) is 6.62. The molecule has 0 heterocycles. The molecule has 0 spiro atoms. The first-order valence-electron chi connectivity index (χ1n) is 9.61. The average molecular weight is 419 g/mol. The molecule has 8 heteroatoms. The summed E-state index contributed by atoms with van der Waals surface area (Å²) in [4.78, 5) is 35.0. The summed E-state index contributed by atoms with van der Waals surface area (Å²) >= 11 is 0. The number of anilines is 1. The van der Waals surface area contributed by atoms with Crippen LogP contribution in [0.25, 0.3) is 0 Å². The van der Waals surface area contributed by atoms with E-state index in [2.05, 4.69) is 10.6 Å². The zero-order chi connectivity index (χ0) is 22.1. The Bertz CT molecular complexity index is 1050. The fourth-order valence-corrected chi connectivity index (χ4v) is 2.85. The number of benzene rings is 3. The van der Waals surface area contributed by atoms with Gasteiger partial charge in [-0.2, -0.15) is 0 Å². The van der Waals surface area contributed by atoms with Gasteiger partial charge in [0.2, 0.25) is 0 Å². The number of ether oxygens (including phenoxy) is 1. The van der Waals surface area contributed by atoms with Crippen molar-refractivity contribution < 1.29 is 19.2 Å². The molecule has 31 heavy (non-hydrogen) atoms. The maximum absolute atomic E-state index is 12.6. The number of non-ortho nitro benzene ring substituents is 1. The van der Waals surface area contributed by atoms with Gasteiger partial charge in [-0.1, -0.05) is 42.5 Å². The van der Waals surface area contributed by atoms with E-state index in [4.69, 9.17) is 4.74 Å². The smallest absolute Gasteiger partial charge is 0.269 e. The summed E-state index contributed by atoms with van der Waals surface area (Å²) in [5.41, 5.74) is 1.77. The van der Waals surface area contributed by atoms with E-state index in [0.29, 0.717) is 30.0 Å². The Kier molecular flexibility index (Phi) is 7.31. The molecular formula is C23H21N3O5. The molecule has 158 valence electrons. The summed E-state index contributed by atoms with van der Waals surface area (Å²) in [5, 5.41) is 16.2. The van der Waals surface area contributed by atoms with Gasteiger partial charge in [-0.25, -0.2) is 0 Å². The molecule has 0 bridgehead atoms. The number of amides is 2. The molecule has 0 radical (unpaired) electrons. The molecule has 0 fully saturated rings. The Morgan fingerprint density at radius 2 is 1.58 bits per heavy atom. The number of nitro benzene ring substituents is 1. The number of nitrogens with one attached hydrogen (secondary N) is 2. The Morgan fingerprint density at radius 3 is 2.29 bits per heavy atom. The van der Waals surface area contributed by atoms with E-state index in [-0.39, 0.29) is 18.2 Å². The van der Waals surface area contributed by atoms with Gasteiger partial charge in [-0.05, 0) is 36.2 Å². The van der Waals surface area contributed by atoms with Crippen molar-refractivity contribution in [2.75, 3.05) is 18.5 Å². The Hall–Kier alpha value is -4.20.